The molecule has 1 spiro atoms. The third-order valence-corrected chi connectivity index (χ3v) is 2.71. The number of ketones is 1. The first-order valence-corrected chi connectivity index (χ1v) is 4.16. The van der Waals surface area contributed by atoms with Crippen molar-refractivity contribution in [1.29, 1.82) is 0 Å². The maximum atomic E-state index is 12.8. The van der Waals surface area contributed by atoms with Crippen LogP contribution in [0.4, 0.5) is 8.78 Å². The Hall–Kier alpha value is -1.00. The van der Waals surface area contributed by atoms with E-state index in [0.717, 1.165) is 0 Å². The van der Waals surface area contributed by atoms with Gasteiger partial charge in [-0.1, -0.05) is 0 Å². The van der Waals surface area contributed by atoms with Crippen LogP contribution in [0.2, 0.25) is 0 Å². The minimum atomic E-state index is -1.62. The Morgan fingerprint density at radius 2 is 1.77 bits per heavy atom. The summed E-state index contributed by atoms with van der Waals surface area (Å²) in [7, 11) is 0. The quantitative estimate of drug-likeness (QED) is 0.556. The van der Waals surface area contributed by atoms with Gasteiger partial charge in [0, 0.05) is 12.8 Å². The van der Waals surface area contributed by atoms with Crippen molar-refractivity contribution in [2.24, 2.45) is 0 Å². The number of alkyl halides is 2. The van der Waals surface area contributed by atoms with E-state index < -0.39 is 23.8 Å². The molecule has 1 amide bonds. The van der Waals surface area contributed by atoms with E-state index in [-0.39, 0.29) is 25.0 Å². The standard InChI is InChI=1S/C8H9F2NO2/c9-4-2-8(3-5(4)10)6(12)1-7(13)11-8/h4-5H,1-3H2,(H,11,13). The van der Waals surface area contributed by atoms with Crippen LogP contribution in [0.1, 0.15) is 19.3 Å². The molecular weight excluding hydrogens is 180 g/mol. The Morgan fingerprint density at radius 1 is 1.23 bits per heavy atom. The van der Waals surface area contributed by atoms with Gasteiger partial charge in [-0.05, 0) is 0 Å². The SMILES string of the molecule is O=C1CC(=O)C2(CC(F)C(F)C2)N1. The van der Waals surface area contributed by atoms with Gasteiger partial charge in [-0.3, -0.25) is 9.59 Å². The first-order valence-electron chi connectivity index (χ1n) is 4.16. The average molecular weight is 189 g/mol. The maximum Gasteiger partial charge on any atom is 0.228 e. The zero-order chi connectivity index (χ0) is 9.64. The molecule has 2 atom stereocenters. The molecule has 2 aliphatic rings. The molecule has 2 unspecified atom stereocenters. The zero-order valence-corrected chi connectivity index (χ0v) is 6.85. The Morgan fingerprint density at radius 3 is 2.15 bits per heavy atom. The number of hydrogen-bond acceptors (Lipinski definition) is 2. The van der Waals surface area contributed by atoms with Crippen LogP contribution >= 0.6 is 0 Å². The number of carbonyl (C=O) groups is 2. The van der Waals surface area contributed by atoms with Gasteiger partial charge in [0.25, 0.3) is 0 Å². The van der Waals surface area contributed by atoms with Crippen LogP contribution in [0.15, 0.2) is 0 Å². The lowest BCUT2D eigenvalue weighted by Crippen LogP contribution is -2.44. The van der Waals surface area contributed by atoms with Crippen molar-refractivity contribution < 1.29 is 18.4 Å². The molecule has 2 fully saturated rings. The van der Waals surface area contributed by atoms with E-state index in [1.165, 1.54) is 0 Å². The minimum Gasteiger partial charge on any atom is -0.343 e. The summed E-state index contributed by atoms with van der Waals surface area (Å²) < 4.78 is 25.7. The number of hydrogen-bond donors (Lipinski definition) is 1. The number of nitrogens with one attached hydrogen (secondary N) is 1. The molecule has 1 saturated heterocycles. The summed E-state index contributed by atoms with van der Waals surface area (Å²) in [6, 6.07) is 0. The second-order valence-electron chi connectivity index (χ2n) is 3.67. The highest BCUT2D eigenvalue weighted by Gasteiger charge is 2.55. The zero-order valence-electron chi connectivity index (χ0n) is 6.85. The van der Waals surface area contributed by atoms with Crippen LogP contribution in [0.5, 0.6) is 0 Å². The van der Waals surface area contributed by atoms with E-state index >= 15 is 0 Å². The second kappa shape index (κ2) is 2.49. The highest BCUT2D eigenvalue weighted by Crippen LogP contribution is 2.38. The molecule has 0 bridgehead atoms. The number of halogens is 2. The monoisotopic (exact) mass is 189 g/mol. The topological polar surface area (TPSA) is 46.2 Å². The summed E-state index contributed by atoms with van der Waals surface area (Å²) in [5.41, 5.74) is -1.23. The molecule has 0 aromatic rings. The van der Waals surface area contributed by atoms with Gasteiger partial charge in [0.1, 0.15) is 17.9 Å². The van der Waals surface area contributed by atoms with Crippen LogP contribution in [0, 0.1) is 0 Å². The molecule has 13 heavy (non-hydrogen) atoms. The van der Waals surface area contributed by atoms with Crippen LogP contribution in [-0.2, 0) is 9.59 Å². The Labute approximate surface area is 73.5 Å². The molecule has 1 saturated carbocycles. The van der Waals surface area contributed by atoms with Gasteiger partial charge < -0.3 is 5.32 Å². The van der Waals surface area contributed by atoms with Crippen molar-refractivity contribution >= 4 is 11.7 Å². The minimum absolute atomic E-state index is 0.210. The lowest BCUT2D eigenvalue weighted by molar-refractivity contribution is -0.123. The maximum absolute atomic E-state index is 12.8. The molecule has 72 valence electrons. The number of amides is 1. The lowest BCUT2D eigenvalue weighted by Gasteiger charge is -2.19. The first-order chi connectivity index (χ1) is 6.03. The fraction of sp³-hybridized carbons (Fsp3) is 0.750. The van der Waals surface area contributed by atoms with E-state index in [4.69, 9.17) is 0 Å². The highest BCUT2D eigenvalue weighted by atomic mass is 19.2. The summed E-state index contributed by atoms with van der Waals surface area (Å²) in [5.74, 6) is -0.799. The van der Waals surface area contributed by atoms with Crippen molar-refractivity contribution in [3.05, 3.63) is 0 Å². The average Bonchev–Trinajstić information content (AvgIpc) is 2.40. The van der Waals surface area contributed by atoms with Crippen molar-refractivity contribution in [2.75, 3.05) is 0 Å². The van der Waals surface area contributed by atoms with Crippen LogP contribution in [0.3, 0.4) is 0 Å². The predicted molar refractivity (Wildman–Crippen MR) is 39.5 cm³/mol. The normalized spacial score (nSPS) is 44.5. The van der Waals surface area contributed by atoms with Gasteiger partial charge in [-0.2, -0.15) is 0 Å². The summed E-state index contributed by atoms with van der Waals surface area (Å²) in [6.45, 7) is 0. The molecule has 2 rings (SSSR count). The number of carbonyl (C=O) groups excluding carboxylic acids is 2. The Kier molecular flexibility index (Phi) is 1.65. The van der Waals surface area contributed by atoms with E-state index in [2.05, 4.69) is 5.32 Å². The lowest BCUT2D eigenvalue weighted by atomic mass is 9.94. The van der Waals surface area contributed by atoms with E-state index in [9.17, 15) is 18.4 Å². The van der Waals surface area contributed by atoms with Gasteiger partial charge in [-0.25, -0.2) is 8.78 Å². The van der Waals surface area contributed by atoms with E-state index in [1.54, 1.807) is 0 Å². The van der Waals surface area contributed by atoms with Crippen LogP contribution in [0.25, 0.3) is 0 Å². The first kappa shape index (κ1) is 8.59. The van der Waals surface area contributed by atoms with Crippen molar-refractivity contribution in [3.8, 4) is 0 Å². The van der Waals surface area contributed by atoms with Crippen LogP contribution in [-0.4, -0.2) is 29.6 Å². The highest BCUT2D eigenvalue weighted by molar-refractivity contribution is 6.10. The van der Waals surface area contributed by atoms with Crippen molar-refractivity contribution in [3.63, 3.8) is 0 Å². The van der Waals surface area contributed by atoms with Gasteiger partial charge in [0.2, 0.25) is 5.91 Å². The molecule has 0 radical (unpaired) electrons. The molecular formula is C8H9F2NO2. The summed E-state index contributed by atoms with van der Waals surface area (Å²) in [5, 5.41) is 2.37. The number of rotatable bonds is 0. The Bertz CT molecular complexity index is 269. The van der Waals surface area contributed by atoms with Gasteiger partial charge in [-0.15, -0.1) is 0 Å². The third kappa shape index (κ3) is 1.14. The smallest absolute Gasteiger partial charge is 0.228 e. The van der Waals surface area contributed by atoms with Crippen molar-refractivity contribution in [1.82, 2.24) is 5.32 Å². The molecule has 1 heterocycles. The van der Waals surface area contributed by atoms with Crippen molar-refractivity contribution in [2.45, 2.75) is 37.1 Å². The number of Topliss-reactive ketones (excluding diaryl/α,β-unsaturated/α-hetero) is 1. The molecule has 0 aromatic heterocycles. The van der Waals surface area contributed by atoms with Gasteiger partial charge in [0.05, 0.1) is 6.42 Å². The summed E-state index contributed by atoms with van der Waals surface area (Å²) in [6.07, 6.45) is -3.90. The molecule has 1 aliphatic carbocycles. The van der Waals surface area contributed by atoms with Gasteiger partial charge in [0.15, 0.2) is 5.78 Å². The third-order valence-electron chi connectivity index (χ3n) is 2.71. The van der Waals surface area contributed by atoms with Gasteiger partial charge >= 0.3 is 0 Å². The summed E-state index contributed by atoms with van der Waals surface area (Å²) in [4.78, 5) is 22.1. The van der Waals surface area contributed by atoms with Crippen LogP contribution < -0.4 is 5.32 Å². The molecule has 1 aliphatic heterocycles. The van der Waals surface area contributed by atoms with E-state index in [1.807, 2.05) is 0 Å². The van der Waals surface area contributed by atoms with E-state index in [0.29, 0.717) is 0 Å². The predicted octanol–water partition coefficient (Wildman–Crippen LogP) is 0.284. The molecule has 3 nitrogen and oxygen atoms in total. The fourth-order valence-electron chi connectivity index (χ4n) is 2.03. The second-order valence-corrected chi connectivity index (χ2v) is 3.67. The molecule has 0 aromatic carbocycles. The fourth-order valence-corrected chi connectivity index (χ4v) is 2.03. The molecule has 1 N–H and O–H groups in total. The largest absolute Gasteiger partial charge is 0.343 e. The Balaban J connectivity index is 2.23. The summed E-state index contributed by atoms with van der Waals surface area (Å²) >= 11 is 0. The molecule has 5 heteroatoms.